The molecule has 0 aliphatic heterocycles. The molecule has 2 nitrogen and oxygen atoms in total. The summed E-state index contributed by atoms with van der Waals surface area (Å²) in [6, 6.07) is 11.9. The molecular weight excluding hydrogens is 394 g/mol. The highest BCUT2D eigenvalue weighted by Crippen LogP contribution is 2.32. The van der Waals surface area contributed by atoms with E-state index in [0.29, 0.717) is 6.61 Å². The van der Waals surface area contributed by atoms with Crippen molar-refractivity contribution in [2.24, 2.45) is 4.99 Å². The van der Waals surface area contributed by atoms with E-state index >= 15 is 0 Å². The minimum atomic E-state index is 0.450. The van der Waals surface area contributed by atoms with Gasteiger partial charge in [0.25, 0.3) is 0 Å². The fraction of sp³-hybridized carbons (Fsp3) is 0.118. The monoisotopic (exact) mass is 407 g/mol. The maximum absolute atomic E-state index is 5.71. The maximum Gasteiger partial charge on any atom is 0.142 e. The number of hydrogen-bond acceptors (Lipinski definition) is 2. The highest BCUT2D eigenvalue weighted by atomic mass is 79.9. The first-order valence-electron chi connectivity index (χ1n) is 6.44. The van der Waals surface area contributed by atoms with Crippen molar-refractivity contribution in [1.29, 1.82) is 0 Å². The zero-order valence-corrected chi connectivity index (χ0v) is 14.8. The Morgan fingerprint density at radius 1 is 1.24 bits per heavy atom. The van der Waals surface area contributed by atoms with Gasteiger partial charge in [-0.15, -0.1) is 0 Å². The zero-order valence-electron chi connectivity index (χ0n) is 11.6. The number of benzene rings is 2. The van der Waals surface area contributed by atoms with Crippen molar-refractivity contribution in [3.63, 3.8) is 0 Å². The predicted octanol–water partition coefficient (Wildman–Crippen LogP) is 5.84. The van der Waals surface area contributed by atoms with Crippen molar-refractivity contribution in [2.45, 2.75) is 6.92 Å². The molecule has 0 fully saturated rings. The van der Waals surface area contributed by atoms with Crippen LogP contribution in [0.5, 0.6) is 5.75 Å². The van der Waals surface area contributed by atoms with E-state index in [1.54, 1.807) is 6.08 Å². The van der Waals surface area contributed by atoms with Gasteiger partial charge in [-0.2, -0.15) is 0 Å². The van der Waals surface area contributed by atoms with E-state index < -0.39 is 0 Å². The number of halogens is 2. The Morgan fingerprint density at radius 2 is 2.00 bits per heavy atom. The molecule has 0 aliphatic rings. The van der Waals surface area contributed by atoms with Crippen LogP contribution in [0, 0.1) is 6.92 Å². The fourth-order valence-electron chi connectivity index (χ4n) is 1.82. The minimum absolute atomic E-state index is 0.450. The Labute approximate surface area is 141 Å². The van der Waals surface area contributed by atoms with Crippen molar-refractivity contribution in [2.75, 3.05) is 6.61 Å². The molecule has 0 saturated heterocycles. The number of rotatable bonds is 5. The Hall–Kier alpha value is -1.39. The third-order valence-corrected chi connectivity index (χ3v) is 3.89. The second-order valence-corrected chi connectivity index (χ2v) is 6.22. The van der Waals surface area contributed by atoms with Gasteiger partial charge < -0.3 is 4.74 Å². The highest BCUT2D eigenvalue weighted by Gasteiger charge is 2.08. The molecule has 0 radical (unpaired) electrons. The van der Waals surface area contributed by atoms with E-state index in [2.05, 4.69) is 43.4 Å². The van der Waals surface area contributed by atoms with Crippen molar-refractivity contribution < 1.29 is 4.74 Å². The number of para-hydroxylation sites is 1. The van der Waals surface area contributed by atoms with Crippen LogP contribution in [0.2, 0.25) is 0 Å². The largest absolute Gasteiger partial charge is 0.488 e. The molecule has 0 aromatic heterocycles. The van der Waals surface area contributed by atoms with E-state index in [4.69, 9.17) is 4.74 Å². The lowest BCUT2D eigenvalue weighted by atomic mass is 10.2. The molecule has 0 N–H and O–H groups in total. The molecule has 21 heavy (non-hydrogen) atoms. The van der Waals surface area contributed by atoms with Crippen LogP contribution in [0.3, 0.4) is 0 Å². The van der Waals surface area contributed by atoms with Gasteiger partial charge in [0.2, 0.25) is 0 Å². The molecular formula is C17H15Br2NO. The van der Waals surface area contributed by atoms with Gasteiger partial charge >= 0.3 is 0 Å². The Bertz CT molecular complexity index is 680. The van der Waals surface area contributed by atoms with Crippen molar-refractivity contribution in [3.8, 4) is 5.75 Å². The summed E-state index contributed by atoms with van der Waals surface area (Å²) in [5.74, 6) is 0.760. The number of hydrogen-bond donors (Lipinski definition) is 0. The summed E-state index contributed by atoms with van der Waals surface area (Å²) in [5.41, 5.74) is 2.99. The lowest BCUT2D eigenvalue weighted by Gasteiger charge is -2.10. The quantitative estimate of drug-likeness (QED) is 0.450. The van der Waals surface area contributed by atoms with E-state index in [1.807, 2.05) is 49.5 Å². The van der Waals surface area contributed by atoms with Gasteiger partial charge in [-0.3, -0.25) is 4.99 Å². The summed E-state index contributed by atoms with van der Waals surface area (Å²) in [6.07, 6.45) is 3.53. The van der Waals surface area contributed by atoms with Crippen LogP contribution in [0.1, 0.15) is 11.1 Å². The number of ether oxygens (including phenoxy) is 1. The van der Waals surface area contributed by atoms with E-state index in [0.717, 1.165) is 31.5 Å². The van der Waals surface area contributed by atoms with Crippen molar-refractivity contribution in [3.05, 3.63) is 69.1 Å². The van der Waals surface area contributed by atoms with E-state index in [1.165, 1.54) is 0 Å². The standard InChI is InChI=1S/C17H15Br2NO/c1-3-8-21-17-13(9-14(18)10-15(17)19)11-20-16-7-5-4-6-12(16)2/h3-7,9-11H,1,8H2,2H3. The van der Waals surface area contributed by atoms with Gasteiger partial charge in [0.05, 0.1) is 10.2 Å². The lowest BCUT2D eigenvalue weighted by molar-refractivity contribution is 0.360. The first-order chi connectivity index (χ1) is 10.1. The number of aliphatic imine (C=N–C) groups is 1. The van der Waals surface area contributed by atoms with Gasteiger partial charge in [0.1, 0.15) is 12.4 Å². The molecule has 4 heteroatoms. The van der Waals surface area contributed by atoms with Gasteiger partial charge in [0.15, 0.2) is 0 Å². The minimum Gasteiger partial charge on any atom is -0.488 e. The number of aryl methyl sites for hydroxylation is 1. The van der Waals surface area contributed by atoms with Gasteiger partial charge in [-0.25, -0.2) is 0 Å². The van der Waals surface area contributed by atoms with Crippen LogP contribution in [0.4, 0.5) is 5.69 Å². The average Bonchev–Trinajstić information content (AvgIpc) is 2.45. The summed E-state index contributed by atoms with van der Waals surface area (Å²) in [5, 5.41) is 0. The van der Waals surface area contributed by atoms with Crippen LogP contribution in [0.25, 0.3) is 0 Å². The third kappa shape index (κ3) is 4.29. The average molecular weight is 409 g/mol. The smallest absolute Gasteiger partial charge is 0.142 e. The van der Waals surface area contributed by atoms with Crippen LogP contribution in [-0.2, 0) is 0 Å². The van der Waals surface area contributed by atoms with Crippen LogP contribution in [0.15, 0.2) is 63.0 Å². The SMILES string of the molecule is C=CCOc1c(Br)cc(Br)cc1C=Nc1ccccc1C. The first-order valence-corrected chi connectivity index (χ1v) is 8.03. The molecule has 0 atom stereocenters. The molecule has 0 heterocycles. The summed E-state index contributed by atoms with van der Waals surface area (Å²) in [4.78, 5) is 4.55. The molecule has 2 rings (SSSR count). The fourth-order valence-corrected chi connectivity index (χ4v) is 3.19. The van der Waals surface area contributed by atoms with Crippen molar-refractivity contribution >= 4 is 43.8 Å². The molecule has 0 aliphatic carbocycles. The van der Waals surface area contributed by atoms with Gasteiger partial charge in [0, 0.05) is 16.3 Å². The second-order valence-electron chi connectivity index (χ2n) is 4.45. The second kappa shape index (κ2) is 7.57. The normalized spacial score (nSPS) is 10.8. The van der Waals surface area contributed by atoms with E-state index in [9.17, 15) is 0 Å². The van der Waals surface area contributed by atoms with Gasteiger partial charge in [-0.1, -0.05) is 46.8 Å². The van der Waals surface area contributed by atoms with E-state index in [-0.39, 0.29) is 0 Å². The summed E-state index contributed by atoms with van der Waals surface area (Å²) < 4.78 is 7.56. The molecule has 0 unspecified atom stereocenters. The molecule has 0 saturated carbocycles. The summed E-state index contributed by atoms with van der Waals surface area (Å²) in [7, 11) is 0. The van der Waals surface area contributed by atoms with Crippen molar-refractivity contribution in [1.82, 2.24) is 0 Å². The summed E-state index contributed by atoms with van der Waals surface area (Å²) in [6.45, 7) is 6.16. The van der Waals surface area contributed by atoms with Gasteiger partial charge in [-0.05, 0) is 46.6 Å². The first kappa shape index (κ1) is 16.0. The molecule has 0 bridgehead atoms. The van der Waals surface area contributed by atoms with Crippen LogP contribution in [-0.4, -0.2) is 12.8 Å². The maximum atomic E-state index is 5.71. The topological polar surface area (TPSA) is 21.6 Å². The molecule has 0 amide bonds. The summed E-state index contributed by atoms with van der Waals surface area (Å²) >= 11 is 7.01. The van der Waals surface area contributed by atoms with Crippen LogP contribution >= 0.6 is 31.9 Å². The Morgan fingerprint density at radius 3 is 2.71 bits per heavy atom. The molecule has 2 aromatic rings. The Balaban J connectivity index is 2.38. The zero-order chi connectivity index (χ0) is 15.2. The highest BCUT2D eigenvalue weighted by molar-refractivity contribution is 9.11. The lowest BCUT2D eigenvalue weighted by Crippen LogP contribution is -1.98. The third-order valence-electron chi connectivity index (χ3n) is 2.84. The molecule has 0 spiro atoms. The number of nitrogens with zero attached hydrogens (tertiary/aromatic N) is 1. The predicted molar refractivity (Wildman–Crippen MR) is 96.0 cm³/mol. The molecule has 108 valence electrons. The van der Waals surface area contributed by atoms with Crippen LogP contribution < -0.4 is 4.74 Å². The Kier molecular flexibility index (Phi) is 5.76. The molecule has 2 aromatic carbocycles.